The molecule has 0 spiro atoms. The summed E-state index contributed by atoms with van der Waals surface area (Å²) >= 11 is 15.1. The molecule has 0 bridgehead atoms. The molecule has 0 radical (unpaired) electrons. The van der Waals surface area contributed by atoms with Crippen LogP contribution < -0.4 is 4.72 Å². The van der Waals surface area contributed by atoms with E-state index in [1.54, 1.807) is 6.07 Å². The summed E-state index contributed by atoms with van der Waals surface area (Å²) in [5.41, 5.74) is 1.28. The lowest BCUT2D eigenvalue weighted by atomic mass is 10.2. The fourth-order valence-corrected chi connectivity index (χ4v) is 3.83. The van der Waals surface area contributed by atoms with Gasteiger partial charge >= 0.3 is 0 Å². The average molecular weight is 395 g/mol. The molecule has 7 heteroatoms. The van der Waals surface area contributed by atoms with E-state index in [1.165, 1.54) is 18.2 Å². The molecule has 0 aliphatic rings. The van der Waals surface area contributed by atoms with Gasteiger partial charge in [-0.1, -0.05) is 45.2 Å². The van der Waals surface area contributed by atoms with E-state index < -0.39 is 10.0 Å². The van der Waals surface area contributed by atoms with E-state index in [0.29, 0.717) is 10.7 Å². The summed E-state index contributed by atoms with van der Waals surface area (Å²) in [7, 11) is -3.79. The molecular weight excluding hydrogens is 385 g/mol. The van der Waals surface area contributed by atoms with E-state index in [0.717, 1.165) is 10.0 Å². The third-order valence-electron chi connectivity index (χ3n) is 2.63. The van der Waals surface area contributed by atoms with Gasteiger partial charge in [0.1, 0.15) is 4.90 Å². The number of aryl methyl sites for hydroxylation is 1. The maximum absolute atomic E-state index is 12.4. The molecule has 106 valence electrons. The maximum atomic E-state index is 12.4. The van der Waals surface area contributed by atoms with Crippen LogP contribution in [0.2, 0.25) is 10.0 Å². The Kier molecular flexibility index (Phi) is 4.64. The normalized spacial score (nSPS) is 11.4. The molecule has 0 aliphatic carbocycles. The number of rotatable bonds is 3. The first-order valence-corrected chi connectivity index (χ1v) is 8.57. The molecule has 3 nitrogen and oxygen atoms in total. The number of hydrogen-bond donors (Lipinski definition) is 1. The number of nitrogens with one attached hydrogen (secondary N) is 1. The summed E-state index contributed by atoms with van der Waals surface area (Å²) in [5, 5.41) is 0.426. The van der Waals surface area contributed by atoms with Gasteiger partial charge in [0, 0.05) is 9.50 Å². The molecule has 0 saturated heterocycles. The van der Waals surface area contributed by atoms with Gasteiger partial charge in [-0.05, 0) is 42.8 Å². The summed E-state index contributed by atoms with van der Waals surface area (Å²) in [6, 6.07) is 9.63. The second-order valence-electron chi connectivity index (χ2n) is 4.14. The van der Waals surface area contributed by atoms with Crippen LogP contribution in [0.3, 0.4) is 0 Å². The van der Waals surface area contributed by atoms with Gasteiger partial charge in [-0.25, -0.2) is 8.42 Å². The number of hydrogen-bond acceptors (Lipinski definition) is 2. The van der Waals surface area contributed by atoms with Gasteiger partial charge in [0.05, 0.1) is 10.7 Å². The predicted octanol–water partition coefficient (Wildman–Crippen LogP) is 4.87. The Balaban J connectivity index is 2.46. The third kappa shape index (κ3) is 3.47. The quantitative estimate of drug-likeness (QED) is 0.807. The minimum absolute atomic E-state index is 0.0500. The summed E-state index contributed by atoms with van der Waals surface area (Å²) in [4.78, 5) is -0.0500. The maximum Gasteiger partial charge on any atom is 0.263 e. The van der Waals surface area contributed by atoms with E-state index in [-0.39, 0.29) is 9.92 Å². The SMILES string of the molecule is Cc1ccc(Br)cc1NS(=O)(=O)c1cc(Cl)ccc1Cl. The fourth-order valence-electron chi connectivity index (χ4n) is 1.59. The lowest BCUT2D eigenvalue weighted by Crippen LogP contribution is -2.14. The molecule has 2 rings (SSSR count). The molecule has 0 atom stereocenters. The van der Waals surface area contributed by atoms with Crippen molar-refractivity contribution in [1.82, 2.24) is 0 Å². The highest BCUT2D eigenvalue weighted by Gasteiger charge is 2.19. The van der Waals surface area contributed by atoms with Crippen LogP contribution in [-0.2, 0) is 10.0 Å². The zero-order valence-corrected chi connectivity index (χ0v) is 14.2. The van der Waals surface area contributed by atoms with Gasteiger partial charge in [-0.3, -0.25) is 4.72 Å². The highest BCUT2D eigenvalue weighted by atomic mass is 79.9. The molecule has 0 amide bonds. The Morgan fingerprint density at radius 3 is 2.50 bits per heavy atom. The molecule has 0 aliphatic heterocycles. The molecule has 2 aromatic carbocycles. The predicted molar refractivity (Wildman–Crippen MR) is 86.1 cm³/mol. The highest BCUT2D eigenvalue weighted by molar-refractivity contribution is 9.10. The topological polar surface area (TPSA) is 46.2 Å². The smallest absolute Gasteiger partial charge is 0.263 e. The fraction of sp³-hybridized carbons (Fsp3) is 0.0769. The van der Waals surface area contributed by atoms with Gasteiger partial charge in [-0.2, -0.15) is 0 Å². The number of benzene rings is 2. The van der Waals surface area contributed by atoms with Crippen molar-refractivity contribution in [3.8, 4) is 0 Å². The van der Waals surface area contributed by atoms with Crippen molar-refractivity contribution in [3.05, 3.63) is 56.5 Å². The first-order chi connectivity index (χ1) is 9.29. The number of anilines is 1. The van der Waals surface area contributed by atoms with E-state index >= 15 is 0 Å². The van der Waals surface area contributed by atoms with Crippen molar-refractivity contribution in [2.45, 2.75) is 11.8 Å². The van der Waals surface area contributed by atoms with E-state index in [1.807, 2.05) is 19.1 Å². The monoisotopic (exact) mass is 393 g/mol. The Labute approximate surface area is 136 Å². The van der Waals surface area contributed by atoms with E-state index in [2.05, 4.69) is 20.7 Å². The average Bonchev–Trinajstić information content (AvgIpc) is 2.36. The molecular formula is C13H10BrCl2NO2S. The largest absolute Gasteiger partial charge is 0.279 e. The van der Waals surface area contributed by atoms with Crippen LogP contribution in [0.5, 0.6) is 0 Å². The summed E-state index contributed by atoms with van der Waals surface area (Å²) in [6.45, 7) is 1.81. The molecule has 0 heterocycles. The van der Waals surface area contributed by atoms with Crippen LogP contribution in [0.1, 0.15) is 5.56 Å². The summed E-state index contributed by atoms with van der Waals surface area (Å²) < 4.78 is 28.0. The second-order valence-corrected chi connectivity index (χ2v) is 7.55. The van der Waals surface area contributed by atoms with Crippen molar-refractivity contribution in [2.24, 2.45) is 0 Å². The van der Waals surface area contributed by atoms with Gasteiger partial charge in [0.2, 0.25) is 0 Å². The standard InChI is InChI=1S/C13H10BrCl2NO2S/c1-8-2-3-9(14)6-12(8)17-20(18,19)13-7-10(15)4-5-11(13)16/h2-7,17H,1H3. The molecule has 0 unspecified atom stereocenters. The van der Waals surface area contributed by atoms with Gasteiger partial charge in [-0.15, -0.1) is 0 Å². The first-order valence-electron chi connectivity index (χ1n) is 5.53. The van der Waals surface area contributed by atoms with Crippen LogP contribution in [0, 0.1) is 6.92 Å². The van der Waals surface area contributed by atoms with Gasteiger partial charge < -0.3 is 0 Å². The Morgan fingerprint density at radius 2 is 1.80 bits per heavy atom. The minimum Gasteiger partial charge on any atom is -0.279 e. The van der Waals surface area contributed by atoms with Crippen LogP contribution >= 0.6 is 39.1 Å². The van der Waals surface area contributed by atoms with E-state index in [9.17, 15) is 8.42 Å². The van der Waals surface area contributed by atoms with Crippen molar-refractivity contribution < 1.29 is 8.42 Å². The molecule has 2 aromatic rings. The van der Waals surface area contributed by atoms with Crippen molar-refractivity contribution in [2.75, 3.05) is 4.72 Å². The zero-order valence-electron chi connectivity index (χ0n) is 10.3. The molecule has 20 heavy (non-hydrogen) atoms. The second kappa shape index (κ2) is 5.93. The van der Waals surface area contributed by atoms with Crippen molar-refractivity contribution in [1.29, 1.82) is 0 Å². The third-order valence-corrected chi connectivity index (χ3v) is 5.20. The Hall–Kier alpha value is -0.750. The minimum atomic E-state index is -3.79. The summed E-state index contributed by atoms with van der Waals surface area (Å²) in [5.74, 6) is 0. The number of halogens is 3. The van der Waals surface area contributed by atoms with Crippen molar-refractivity contribution >= 4 is 54.8 Å². The molecule has 0 aromatic heterocycles. The lowest BCUT2D eigenvalue weighted by molar-refractivity contribution is 0.601. The Morgan fingerprint density at radius 1 is 1.10 bits per heavy atom. The highest BCUT2D eigenvalue weighted by Crippen LogP contribution is 2.28. The molecule has 1 N–H and O–H groups in total. The molecule has 0 saturated carbocycles. The van der Waals surface area contributed by atoms with E-state index in [4.69, 9.17) is 23.2 Å². The van der Waals surface area contributed by atoms with Crippen LogP contribution in [0.25, 0.3) is 0 Å². The van der Waals surface area contributed by atoms with Crippen LogP contribution in [0.4, 0.5) is 5.69 Å². The number of sulfonamides is 1. The van der Waals surface area contributed by atoms with Crippen molar-refractivity contribution in [3.63, 3.8) is 0 Å². The summed E-state index contributed by atoms with van der Waals surface area (Å²) in [6.07, 6.45) is 0. The zero-order chi connectivity index (χ0) is 14.9. The Bertz CT molecular complexity index is 763. The van der Waals surface area contributed by atoms with Crippen LogP contribution in [-0.4, -0.2) is 8.42 Å². The lowest BCUT2D eigenvalue weighted by Gasteiger charge is -2.12. The van der Waals surface area contributed by atoms with Gasteiger partial charge in [0.25, 0.3) is 10.0 Å². The molecule has 0 fully saturated rings. The van der Waals surface area contributed by atoms with Gasteiger partial charge in [0.15, 0.2) is 0 Å². The first kappa shape index (κ1) is 15.6. The van der Waals surface area contributed by atoms with Crippen LogP contribution in [0.15, 0.2) is 45.8 Å².